The third kappa shape index (κ3) is 5.87. The molecule has 0 aromatic heterocycles. The fraction of sp³-hybridized carbons (Fsp3) is 0. The van der Waals surface area contributed by atoms with Crippen molar-refractivity contribution in [1.29, 1.82) is 0 Å². The summed E-state index contributed by atoms with van der Waals surface area (Å²) in [5, 5.41) is 4.89. The van der Waals surface area contributed by atoms with Crippen LogP contribution in [0.2, 0.25) is 0 Å². The van der Waals surface area contributed by atoms with Gasteiger partial charge in [-0.3, -0.25) is 0 Å². The molecule has 0 aliphatic rings. The number of anilines is 6. The molecule has 0 saturated heterocycles. The standard InChI is InChI=1S/C50H36N2/c1-4-15-39(16-5-1)45-35-36-50(48-25-13-12-24-47(45)48)52(42-21-8-3-9-22-42)44-33-29-38(30-34-44)37-27-31-43(32-28-37)51(41-19-6-2-7-20-41)49-26-14-18-40-17-10-11-23-46(40)49/h1-36H. The second-order valence-corrected chi connectivity index (χ2v) is 13.0. The number of rotatable bonds is 8. The number of hydrogen-bond donors (Lipinski definition) is 0. The number of benzene rings is 9. The molecule has 0 aliphatic heterocycles. The van der Waals surface area contributed by atoms with E-state index in [9.17, 15) is 0 Å². The Kier molecular flexibility index (Phi) is 8.24. The van der Waals surface area contributed by atoms with Crippen molar-refractivity contribution in [2.75, 3.05) is 9.80 Å². The molecule has 0 fully saturated rings. The van der Waals surface area contributed by atoms with Crippen molar-refractivity contribution in [3.05, 3.63) is 218 Å². The lowest BCUT2D eigenvalue weighted by atomic mass is 9.96. The Morgan fingerprint density at radius 1 is 0.231 bits per heavy atom. The minimum Gasteiger partial charge on any atom is -0.310 e. The van der Waals surface area contributed by atoms with Crippen molar-refractivity contribution in [1.82, 2.24) is 0 Å². The Bertz CT molecular complexity index is 2590. The fourth-order valence-electron chi connectivity index (χ4n) is 7.37. The molecule has 9 rings (SSSR count). The summed E-state index contributed by atoms with van der Waals surface area (Å²) in [7, 11) is 0. The van der Waals surface area contributed by atoms with Gasteiger partial charge < -0.3 is 9.80 Å². The van der Waals surface area contributed by atoms with Gasteiger partial charge in [-0.2, -0.15) is 0 Å². The Balaban J connectivity index is 1.09. The molecule has 0 radical (unpaired) electrons. The van der Waals surface area contributed by atoms with Gasteiger partial charge in [0, 0.05) is 33.5 Å². The summed E-state index contributed by atoms with van der Waals surface area (Å²) >= 11 is 0. The van der Waals surface area contributed by atoms with E-state index in [1.165, 1.54) is 43.8 Å². The predicted octanol–water partition coefficient (Wildman–Crippen LogP) is 14.3. The maximum absolute atomic E-state index is 2.37. The third-order valence-electron chi connectivity index (χ3n) is 9.85. The average Bonchev–Trinajstić information content (AvgIpc) is 3.23. The molecule has 0 bridgehead atoms. The molecule has 0 N–H and O–H groups in total. The van der Waals surface area contributed by atoms with E-state index in [1.807, 2.05) is 0 Å². The van der Waals surface area contributed by atoms with Crippen LogP contribution in [0.4, 0.5) is 34.1 Å². The monoisotopic (exact) mass is 664 g/mol. The molecule has 9 aromatic rings. The van der Waals surface area contributed by atoms with E-state index >= 15 is 0 Å². The van der Waals surface area contributed by atoms with Crippen molar-refractivity contribution in [3.8, 4) is 22.3 Å². The first kappa shape index (κ1) is 31.1. The minimum absolute atomic E-state index is 1.11. The fourth-order valence-corrected chi connectivity index (χ4v) is 7.37. The van der Waals surface area contributed by atoms with Crippen molar-refractivity contribution in [2.24, 2.45) is 0 Å². The van der Waals surface area contributed by atoms with E-state index in [4.69, 9.17) is 0 Å². The predicted molar refractivity (Wildman–Crippen MR) is 222 cm³/mol. The second-order valence-electron chi connectivity index (χ2n) is 13.0. The highest BCUT2D eigenvalue weighted by atomic mass is 15.1. The van der Waals surface area contributed by atoms with Crippen molar-refractivity contribution in [2.45, 2.75) is 0 Å². The summed E-state index contributed by atoms with van der Waals surface area (Å²) in [5.74, 6) is 0. The summed E-state index contributed by atoms with van der Waals surface area (Å²) in [5.41, 5.74) is 11.6. The van der Waals surface area contributed by atoms with Gasteiger partial charge in [0.05, 0.1) is 11.4 Å². The maximum Gasteiger partial charge on any atom is 0.0540 e. The largest absolute Gasteiger partial charge is 0.310 e. The molecule has 9 aromatic carbocycles. The third-order valence-corrected chi connectivity index (χ3v) is 9.85. The molecule has 246 valence electrons. The van der Waals surface area contributed by atoms with Crippen LogP contribution in [0.25, 0.3) is 43.8 Å². The molecule has 0 heterocycles. The molecule has 0 atom stereocenters. The minimum atomic E-state index is 1.11. The van der Waals surface area contributed by atoms with E-state index in [1.54, 1.807) is 0 Å². The van der Waals surface area contributed by atoms with Gasteiger partial charge >= 0.3 is 0 Å². The molecular weight excluding hydrogens is 629 g/mol. The van der Waals surface area contributed by atoms with E-state index in [-0.39, 0.29) is 0 Å². The Hall–Kier alpha value is -6.90. The van der Waals surface area contributed by atoms with Crippen LogP contribution in [-0.4, -0.2) is 0 Å². The maximum atomic E-state index is 2.37. The van der Waals surface area contributed by atoms with Gasteiger partial charge in [-0.1, -0.05) is 158 Å². The average molecular weight is 665 g/mol. The van der Waals surface area contributed by atoms with Crippen LogP contribution in [0.3, 0.4) is 0 Å². The van der Waals surface area contributed by atoms with Gasteiger partial charge in [0.15, 0.2) is 0 Å². The summed E-state index contributed by atoms with van der Waals surface area (Å²) < 4.78 is 0. The zero-order chi connectivity index (χ0) is 34.7. The van der Waals surface area contributed by atoms with Crippen LogP contribution in [0.1, 0.15) is 0 Å². The van der Waals surface area contributed by atoms with Crippen LogP contribution in [0.15, 0.2) is 218 Å². The topological polar surface area (TPSA) is 6.48 Å². The number of para-hydroxylation sites is 2. The molecule has 0 aliphatic carbocycles. The van der Waals surface area contributed by atoms with Gasteiger partial charge in [0.1, 0.15) is 0 Å². The lowest BCUT2D eigenvalue weighted by molar-refractivity contribution is 1.29. The van der Waals surface area contributed by atoms with E-state index in [0.717, 1.165) is 34.1 Å². The first-order valence-electron chi connectivity index (χ1n) is 17.8. The first-order chi connectivity index (χ1) is 25.8. The first-order valence-corrected chi connectivity index (χ1v) is 17.8. The molecule has 52 heavy (non-hydrogen) atoms. The molecule has 0 amide bonds. The van der Waals surface area contributed by atoms with Crippen molar-refractivity contribution >= 4 is 55.7 Å². The summed E-state index contributed by atoms with van der Waals surface area (Å²) in [6, 6.07) is 78.2. The smallest absolute Gasteiger partial charge is 0.0540 e. The Labute approximate surface area is 305 Å². The second kappa shape index (κ2) is 13.8. The summed E-state index contributed by atoms with van der Waals surface area (Å²) in [6.07, 6.45) is 0. The molecule has 2 heteroatoms. The molecule has 0 saturated carbocycles. The SMILES string of the molecule is c1ccc(-c2ccc(N(c3ccccc3)c3ccc(-c4ccc(N(c5ccccc5)c5cccc6ccccc56)cc4)cc3)c3ccccc23)cc1. The lowest BCUT2D eigenvalue weighted by Gasteiger charge is -2.28. The van der Waals surface area contributed by atoms with Gasteiger partial charge in [-0.25, -0.2) is 0 Å². The highest BCUT2D eigenvalue weighted by molar-refractivity contribution is 6.06. The van der Waals surface area contributed by atoms with Crippen molar-refractivity contribution < 1.29 is 0 Å². The molecule has 0 unspecified atom stereocenters. The van der Waals surface area contributed by atoms with Crippen LogP contribution in [-0.2, 0) is 0 Å². The van der Waals surface area contributed by atoms with Gasteiger partial charge in [-0.05, 0) is 93.7 Å². The highest BCUT2D eigenvalue weighted by Crippen LogP contribution is 2.43. The van der Waals surface area contributed by atoms with Crippen LogP contribution >= 0.6 is 0 Å². The quantitative estimate of drug-likeness (QED) is 0.159. The molecular formula is C50H36N2. The van der Waals surface area contributed by atoms with Crippen LogP contribution in [0.5, 0.6) is 0 Å². The molecule has 0 spiro atoms. The normalized spacial score (nSPS) is 11.1. The van der Waals surface area contributed by atoms with E-state index in [0.29, 0.717) is 0 Å². The Morgan fingerprint density at radius 3 is 1.23 bits per heavy atom. The lowest BCUT2D eigenvalue weighted by Crippen LogP contribution is -2.10. The van der Waals surface area contributed by atoms with E-state index < -0.39 is 0 Å². The van der Waals surface area contributed by atoms with E-state index in [2.05, 4.69) is 228 Å². The zero-order valence-corrected chi connectivity index (χ0v) is 28.7. The van der Waals surface area contributed by atoms with Crippen LogP contribution < -0.4 is 9.80 Å². The summed E-state index contributed by atoms with van der Waals surface area (Å²) in [4.78, 5) is 4.71. The van der Waals surface area contributed by atoms with Gasteiger partial charge in [0.2, 0.25) is 0 Å². The zero-order valence-electron chi connectivity index (χ0n) is 28.7. The van der Waals surface area contributed by atoms with Crippen molar-refractivity contribution in [3.63, 3.8) is 0 Å². The number of fused-ring (bicyclic) bond motifs is 2. The van der Waals surface area contributed by atoms with Gasteiger partial charge in [0.25, 0.3) is 0 Å². The number of hydrogen-bond acceptors (Lipinski definition) is 2. The number of nitrogens with zero attached hydrogens (tertiary/aromatic N) is 2. The molecule has 2 nitrogen and oxygen atoms in total. The highest BCUT2D eigenvalue weighted by Gasteiger charge is 2.18. The van der Waals surface area contributed by atoms with Gasteiger partial charge in [-0.15, -0.1) is 0 Å². The van der Waals surface area contributed by atoms with Crippen LogP contribution in [0, 0.1) is 0 Å². The Morgan fingerprint density at radius 2 is 0.654 bits per heavy atom. The summed E-state index contributed by atoms with van der Waals surface area (Å²) in [6.45, 7) is 0.